The maximum absolute atomic E-state index is 13.3. The molecule has 33 heavy (non-hydrogen) atoms. The molecule has 2 aromatic heterocycles. The predicted molar refractivity (Wildman–Crippen MR) is 123 cm³/mol. The minimum atomic E-state index is -0.224. The van der Waals surface area contributed by atoms with Crippen LogP contribution < -0.4 is 9.47 Å². The predicted octanol–water partition coefficient (Wildman–Crippen LogP) is 4.42. The van der Waals surface area contributed by atoms with E-state index in [2.05, 4.69) is 9.97 Å². The van der Waals surface area contributed by atoms with Gasteiger partial charge in [-0.25, -0.2) is 4.98 Å². The van der Waals surface area contributed by atoms with Gasteiger partial charge in [-0.05, 0) is 56.2 Å². The summed E-state index contributed by atoms with van der Waals surface area (Å²) < 4.78 is 18.2. The van der Waals surface area contributed by atoms with E-state index in [1.165, 1.54) is 0 Å². The van der Waals surface area contributed by atoms with Crippen molar-refractivity contribution in [2.24, 2.45) is 0 Å². The number of nitrogens with zero attached hydrogens (tertiary/aromatic N) is 3. The van der Waals surface area contributed by atoms with Crippen molar-refractivity contribution in [2.75, 3.05) is 19.7 Å². The molecule has 1 atom stereocenters. The Labute approximate surface area is 193 Å². The number of likely N-dealkylation sites (tertiary alicyclic amines) is 1. The van der Waals surface area contributed by atoms with Gasteiger partial charge < -0.3 is 19.1 Å². The molecule has 1 aromatic carbocycles. The van der Waals surface area contributed by atoms with Crippen LogP contribution in [0.25, 0.3) is 0 Å². The molecule has 1 unspecified atom stereocenters. The van der Waals surface area contributed by atoms with Crippen molar-refractivity contribution in [3.8, 4) is 17.4 Å². The molecule has 0 aliphatic carbocycles. The van der Waals surface area contributed by atoms with E-state index in [0.29, 0.717) is 36.9 Å². The van der Waals surface area contributed by atoms with Gasteiger partial charge in [0.1, 0.15) is 23.2 Å². The lowest BCUT2D eigenvalue weighted by Gasteiger charge is -2.38. The highest BCUT2D eigenvalue weighted by molar-refractivity contribution is 5.96. The molecule has 1 amide bonds. The molecule has 5 rings (SSSR count). The monoisotopic (exact) mass is 445 g/mol. The van der Waals surface area contributed by atoms with Gasteiger partial charge in [-0.1, -0.05) is 18.2 Å². The number of hydrogen-bond acceptors (Lipinski definition) is 6. The van der Waals surface area contributed by atoms with Gasteiger partial charge in [0.15, 0.2) is 0 Å². The van der Waals surface area contributed by atoms with E-state index in [0.717, 1.165) is 30.7 Å². The average Bonchev–Trinajstić information content (AvgIpc) is 3.23. The molecule has 2 aliphatic heterocycles. The van der Waals surface area contributed by atoms with Crippen molar-refractivity contribution in [1.29, 1.82) is 0 Å². The van der Waals surface area contributed by atoms with Crippen molar-refractivity contribution in [3.05, 3.63) is 78.2 Å². The van der Waals surface area contributed by atoms with Gasteiger partial charge in [0.05, 0.1) is 18.4 Å². The molecule has 0 saturated carbocycles. The van der Waals surface area contributed by atoms with Crippen molar-refractivity contribution in [2.45, 2.75) is 37.9 Å². The third-order valence-electron chi connectivity index (χ3n) is 6.28. The van der Waals surface area contributed by atoms with Crippen LogP contribution in [0.1, 0.15) is 35.3 Å². The molecule has 3 aromatic rings. The Bertz CT molecular complexity index is 1100. The smallest absolute Gasteiger partial charge is 0.259 e. The lowest BCUT2D eigenvalue weighted by molar-refractivity contribution is -0.0396. The number of hydrogen-bond donors (Lipinski definition) is 0. The first kappa shape index (κ1) is 21.4. The number of carbonyl (C=O) groups excluding carboxylic acids is 1. The van der Waals surface area contributed by atoms with Crippen LogP contribution in [0.15, 0.2) is 67.0 Å². The number of pyridine rings is 2. The number of aryl methyl sites for hydroxylation is 1. The molecule has 0 N–H and O–H groups in total. The third kappa shape index (κ3) is 4.83. The van der Waals surface area contributed by atoms with Gasteiger partial charge in [-0.15, -0.1) is 0 Å². The van der Waals surface area contributed by atoms with Crippen LogP contribution in [-0.2, 0) is 4.74 Å². The molecule has 4 heterocycles. The van der Waals surface area contributed by atoms with Gasteiger partial charge in [0.2, 0.25) is 5.88 Å². The number of rotatable bonds is 5. The van der Waals surface area contributed by atoms with Crippen LogP contribution in [0.2, 0.25) is 0 Å². The topological polar surface area (TPSA) is 73.8 Å². The van der Waals surface area contributed by atoms with Crippen molar-refractivity contribution >= 4 is 5.91 Å². The lowest BCUT2D eigenvalue weighted by atomic mass is 9.87. The molecule has 7 nitrogen and oxygen atoms in total. The second-order valence-corrected chi connectivity index (χ2v) is 8.64. The van der Waals surface area contributed by atoms with Crippen LogP contribution >= 0.6 is 0 Å². The van der Waals surface area contributed by atoms with Crippen LogP contribution in [-0.4, -0.2) is 52.2 Å². The number of ether oxygens (including phenoxy) is 3. The Hall–Kier alpha value is -3.45. The first-order valence-electron chi connectivity index (χ1n) is 11.3. The second kappa shape index (κ2) is 9.19. The Morgan fingerprint density at radius 3 is 2.61 bits per heavy atom. The first-order valence-corrected chi connectivity index (χ1v) is 11.3. The Kier molecular flexibility index (Phi) is 5.96. The highest BCUT2D eigenvalue weighted by Crippen LogP contribution is 2.38. The fraction of sp³-hybridized carbons (Fsp3) is 0.346. The summed E-state index contributed by atoms with van der Waals surface area (Å²) in [7, 11) is 0. The van der Waals surface area contributed by atoms with Crippen LogP contribution in [0, 0.1) is 6.92 Å². The molecule has 2 aliphatic rings. The van der Waals surface area contributed by atoms with Crippen molar-refractivity contribution in [3.63, 3.8) is 0 Å². The number of amides is 1. The van der Waals surface area contributed by atoms with Crippen LogP contribution in [0.3, 0.4) is 0 Å². The van der Waals surface area contributed by atoms with E-state index >= 15 is 0 Å². The van der Waals surface area contributed by atoms with Crippen LogP contribution in [0.4, 0.5) is 0 Å². The van der Waals surface area contributed by atoms with Gasteiger partial charge in [0.25, 0.3) is 5.91 Å². The Morgan fingerprint density at radius 2 is 1.85 bits per heavy atom. The highest BCUT2D eigenvalue weighted by Gasteiger charge is 2.44. The van der Waals surface area contributed by atoms with E-state index < -0.39 is 0 Å². The highest BCUT2D eigenvalue weighted by atomic mass is 16.6. The van der Waals surface area contributed by atoms with Gasteiger partial charge in [-0.2, -0.15) is 0 Å². The number of carbonyl (C=O) groups is 1. The summed E-state index contributed by atoms with van der Waals surface area (Å²) in [5, 5.41) is 0. The molecular formula is C26H27N3O4. The normalized spacial score (nSPS) is 19.4. The number of benzene rings is 1. The SMILES string of the molecule is Cc1ccc(Oc2ncccc2C(=O)N2CCC3(CC2)CC(Oc2ccccc2)CO3)cn1. The Balaban J connectivity index is 1.21. The summed E-state index contributed by atoms with van der Waals surface area (Å²) in [4.78, 5) is 23.7. The molecule has 1 spiro atoms. The third-order valence-corrected chi connectivity index (χ3v) is 6.28. The van der Waals surface area contributed by atoms with Crippen molar-refractivity contribution in [1.82, 2.24) is 14.9 Å². The molecule has 0 radical (unpaired) electrons. The van der Waals surface area contributed by atoms with Gasteiger partial charge in [-0.3, -0.25) is 9.78 Å². The summed E-state index contributed by atoms with van der Waals surface area (Å²) >= 11 is 0. The molecule has 2 fully saturated rings. The maximum Gasteiger partial charge on any atom is 0.259 e. The summed E-state index contributed by atoms with van der Waals surface area (Å²) in [5.74, 6) is 1.63. The zero-order chi connectivity index (χ0) is 22.7. The molecule has 2 saturated heterocycles. The van der Waals surface area contributed by atoms with E-state index in [-0.39, 0.29) is 17.6 Å². The zero-order valence-corrected chi connectivity index (χ0v) is 18.6. The van der Waals surface area contributed by atoms with Crippen LogP contribution in [0.5, 0.6) is 17.4 Å². The zero-order valence-electron chi connectivity index (χ0n) is 18.6. The molecule has 170 valence electrons. The van der Waals surface area contributed by atoms with E-state index in [4.69, 9.17) is 14.2 Å². The fourth-order valence-electron chi connectivity index (χ4n) is 4.47. The number of aromatic nitrogens is 2. The van der Waals surface area contributed by atoms with Gasteiger partial charge >= 0.3 is 0 Å². The minimum absolute atomic E-state index is 0.0381. The number of para-hydroxylation sites is 1. The summed E-state index contributed by atoms with van der Waals surface area (Å²) in [6.07, 6.45) is 5.70. The molecule has 0 bridgehead atoms. The summed E-state index contributed by atoms with van der Waals surface area (Å²) in [5.41, 5.74) is 1.12. The molecular weight excluding hydrogens is 418 g/mol. The first-order chi connectivity index (χ1) is 16.1. The van der Waals surface area contributed by atoms with E-state index in [1.807, 2.05) is 54.3 Å². The summed E-state index contributed by atoms with van der Waals surface area (Å²) in [6, 6.07) is 17.0. The lowest BCUT2D eigenvalue weighted by Crippen LogP contribution is -2.46. The minimum Gasteiger partial charge on any atom is -0.488 e. The fourth-order valence-corrected chi connectivity index (χ4v) is 4.47. The second-order valence-electron chi connectivity index (χ2n) is 8.64. The van der Waals surface area contributed by atoms with Crippen molar-refractivity contribution < 1.29 is 19.0 Å². The van der Waals surface area contributed by atoms with E-state index in [1.54, 1.807) is 24.5 Å². The summed E-state index contributed by atoms with van der Waals surface area (Å²) in [6.45, 7) is 3.73. The van der Waals surface area contributed by atoms with Gasteiger partial charge in [0, 0.05) is 31.4 Å². The molecule has 7 heteroatoms. The number of piperidine rings is 1. The standard InChI is InChI=1S/C26H27N3O4/c1-19-9-10-21(17-28-19)33-24-23(8-5-13-27-24)25(30)29-14-11-26(12-15-29)16-22(18-31-26)32-20-6-3-2-4-7-20/h2-10,13,17,22H,11-12,14-16,18H2,1H3. The quantitative estimate of drug-likeness (QED) is 0.579. The average molecular weight is 446 g/mol. The maximum atomic E-state index is 13.3. The van der Waals surface area contributed by atoms with E-state index in [9.17, 15) is 4.79 Å². The largest absolute Gasteiger partial charge is 0.488 e. The Morgan fingerprint density at radius 1 is 1.03 bits per heavy atom.